The maximum atomic E-state index is 12.7. The smallest absolute Gasteiger partial charge is 0.155 e. The number of Topliss-reactive ketones (excluding diaryl/α,β-unsaturated/α-hetero) is 1. The Morgan fingerprint density at radius 1 is 0.964 bits per heavy atom. The van der Waals surface area contributed by atoms with Crippen molar-refractivity contribution in [3.05, 3.63) is 60.2 Å². The molecule has 1 atom stereocenters. The summed E-state index contributed by atoms with van der Waals surface area (Å²) in [5.41, 5.74) is 1.95. The van der Waals surface area contributed by atoms with Crippen molar-refractivity contribution in [2.24, 2.45) is 0 Å². The number of carbonyl (C=O) groups excluding carboxylic acids is 1. The predicted molar refractivity (Wildman–Crippen MR) is 115 cm³/mol. The van der Waals surface area contributed by atoms with Gasteiger partial charge >= 0.3 is 0 Å². The highest BCUT2D eigenvalue weighted by Crippen LogP contribution is 2.37. The number of likely N-dealkylation sites (tertiary alicyclic amines) is 1. The van der Waals surface area contributed by atoms with Gasteiger partial charge in [0, 0.05) is 6.42 Å². The highest BCUT2D eigenvalue weighted by atomic mass is 16.3. The number of benzene rings is 2. The van der Waals surface area contributed by atoms with Crippen LogP contribution in [-0.2, 0) is 4.79 Å². The number of nitrogens with zero attached hydrogens (tertiary/aromatic N) is 1. The maximum absolute atomic E-state index is 12.7. The highest BCUT2D eigenvalue weighted by Gasteiger charge is 2.50. The van der Waals surface area contributed by atoms with Crippen LogP contribution in [0.15, 0.2) is 54.6 Å². The van der Waals surface area contributed by atoms with Gasteiger partial charge in [-0.05, 0) is 69.3 Å². The van der Waals surface area contributed by atoms with E-state index in [1.54, 1.807) is 13.8 Å². The zero-order chi connectivity index (χ0) is 20.4. The molecule has 1 saturated heterocycles. The molecular formula is C25H33NO2. The quantitative estimate of drug-likeness (QED) is 0.764. The van der Waals surface area contributed by atoms with E-state index in [4.69, 9.17) is 0 Å². The van der Waals surface area contributed by atoms with Gasteiger partial charge in [0.05, 0.1) is 5.60 Å². The molecule has 3 rings (SSSR count). The molecule has 1 N–H and O–H groups in total. The minimum atomic E-state index is -1.07. The molecule has 28 heavy (non-hydrogen) atoms. The molecule has 1 unspecified atom stereocenters. The van der Waals surface area contributed by atoms with E-state index in [1.165, 1.54) is 16.7 Å². The van der Waals surface area contributed by atoms with E-state index in [9.17, 15) is 9.90 Å². The molecule has 0 saturated carbocycles. The van der Waals surface area contributed by atoms with E-state index in [1.807, 2.05) is 19.9 Å². The van der Waals surface area contributed by atoms with Crippen LogP contribution in [0.4, 0.5) is 0 Å². The summed E-state index contributed by atoms with van der Waals surface area (Å²) in [6.07, 6.45) is 2.46. The lowest BCUT2D eigenvalue weighted by molar-refractivity contribution is -0.149. The van der Waals surface area contributed by atoms with Gasteiger partial charge in [0.1, 0.15) is 5.54 Å². The lowest BCUT2D eigenvalue weighted by Crippen LogP contribution is -2.65. The zero-order valence-corrected chi connectivity index (χ0v) is 17.6. The van der Waals surface area contributed by atoms with Crippen molar-refractivity contribution in [3.8, 4) is 11.1 Å². The summed E-state index contributed by atoms with van der Waals surface area (Å²) >= 11 is 0. The minimum Gasteiger partial charge on any atom is -0.388 e. The molecule has 0 spiro atoms. The average molecular weight is 380 g/mol. The fraction of sp³-hybridized carbons (Fsp3) is 0.480. The van der Waals surface area contributed by atoms with E-state index < -0.39 is 11.1 Å². The van der Waals surface area contributed by atoms with Gasteiger partial charge in [0.25, 0.3) is 0 Å². The molecule has 3 nitrogen and oxygen atoms in total. The van der Waals surface area contributed by atoms with Crippen molar-refractivity contribution >= 4 is 5.78 Å². The number of piperidine rings is 1. The van der Waals surface area contributed by atoms with Gasteiger partial charge in [-0.1, -0.05) is 61.5 Å². The molecule has 2 aromatic rings. The van der Waals surface area contributed by atoms with Crippen LogP contribution >= 0.6 is 0 Å². The van der Waals surface area contributed by atoms with Crippen LogP contribution in [0.2, 0.25) is 0 Å². The Bertz CT molecular complexity index is 784. The van der Waals surface area contributed by atoms with E-state index in [-0.39, 0.29) is 5.78 Å². The first-order valence-corrected chi connectivity index (χ1v) is 10.4. The third-order valence-corrected chi connectivity index (χ3v) is 6.67. The van der Waals surface area contributed by atoms with Crippen LogP contribution in [0.25, 0.3) is 11.1 Å². The van der Waals surface area contributed by atoms with Crippen LogP contribution in [-0.4, -0.2) is 40.0 Å². The van der Waals surface area contributed by atoms with Gasteiger partial charge in [0.2, 0.25) is 0 Å². The molecule has 1 fully saturated rings. The van der Waals surface area contributed by atoms with Crippen molar-refractivity contribution < 1.29 is 9.90 Å². The maximum Gasteiger partial charge on any atom is 0.155 e. The van der Waals surface area contributed by atoms with Gasteiger partial charge in [-0.2, -0.15) is 0 Å². The normalized spacial score (nSPS) is 18.6. The highest BCUT2D eigenvalue weighted by molar-refractivity contribution is 5.89. The molecule has 0 bridgehead atoms. The Kier molecular flexibility index (Phi) is 6.07. The van der Waals surface area contributed by atoms with Crippen molar-refractivity contribution in [2.75, 3.05) is 13.1 Å². The molecule has 0 aliphatic carbocycles. The Morgan fingerprint density at radius 2 is 1.50 bits per heavy atom. The summed E-state index contributed by atoms with van der Waals surface area (Å²) in [5.74, 6) is 0.620. The Balaban J connectivity index is 1.70. The summed E-state index contributed by atoms with van der Waals surface area (Å²) in [5, 5.41) is 10.7. The molecule has 2 aromatic carbocycles. The summed E-state index contributed by atoms with van der Waals surface area (Å²) in [7, 11) is 0. The third-order valence-electron chi connectivity index (χ3n) is 6.67. The molecule has 1 heterocycles. The van der Waals surface area contributed by atoms with E-state index in [2.05, 4.69) is 53.4 Å². The van der Waals surface area contributed by atoms with Gasteiger partial charge in [-0.25, -0.2) is 0 Å². The zero-order valence-electron chi connectivity index (χ0n) is 17.6. The summed E-state index contributed by atoms with van der Waals surface area (Å²) < 4.78 is 0. The first-order valence-electron chi connectivity index (χ1n) is 10.4. The Labute approximate surface area is 169 Å². The molecule has 3 heteroatoms. The first kappa shape index (κ1) is 20.8. The monoisotopic (exact) mass is 379 g/mol. The van der Waals surface area contributed by atoms with Crippen molar-refractivity contribution in [3.63, 3.8) is 0 Å². The SMILES string of the molecule is CCC(=O)C(C)(N1CCC(c2ccc(-c3ccccc3)cc2)CC1)C(C)(C)O. The van der Waals surface area contributed by atoms with Gasteiger partial charge < -0.3 is 5.11 Å². The van der Waals surface area contributed by atoms with Crippen molar-refractivity contribution in [1.82, 2.24) is 4.90 Å². The largest absolute Gasteiger partial charge is 0.388 e. The molecular weight excluding hydrogens is 346 g/mol. The van der Waals surface area contributed by atoms with Crippen molar-refractivity contribution in [2.45, 2.75) is 64.0 Å². The molecule has 150 valence electrons. The predicted octanol–water partition coefficient (Wildman–Crippen LogP) is 5.04. The molecule has 1 aliphatic rings. The first-order chi connectivity index (χ1) is 13.3. The molecule has 1 aliphatic heterocycles. The third kappa shape index (κ3) is 3.92. The Morgan fingerprint density at radius 3 is 2.00 bits per heavy atom. The van der Waals surface area contributed by atoms with Crippen LogP contribution in [0.3, 0.4) is 0 Å². The summed E-state index contributed by atoms with van der Waals surface area (Å²) in [6, 6.07) is 19.3. The van der Waals surface area contributed by atoms with Crippen molar-refractivity contribution in [1.29, 1.82) is 0 Å². The number of hydrogen-bond donors (Lipinski definition) is 1. The average Bonchev–Trinajstić information content (AvgIpc) is 2.72. The van der Waals surface area contributed by atoms with E-state index >= 15 is 0 Å². The summed E-state index contributed by atoms with van der Waals surface area (Å²) in [4.78, 5) is 14.9. The van der Waals surface area contributed by atoms with Gasteiger partial charge in [-0.3, -0.25) is 9.69 Å². The fourth-order valence-corrected chi connectivity index (χ4v) is 4.49. The van der Waals surface area contributed by atoms with E-state index in [0.717, 1.165) is 25.9 Å². The topological polar surface area (TPSA) is 40.5 Å². The lowest BCUT2D eigenvalue weighted by Gasteiger charge is -2.50. The second kappa shape index (κ2) is 8.18. The lowest BCUT2D eigenvalue weighted by atomic mass is 9.75. The van der Waals surface area contributed by atoms with Crippen LogP contribution in [0.5, 0.6) is 0 Å². The number of rotatable bonds is 6. The molecule has 0 aromatic heterocycles. The van der Waals surface area contributed by atoms with Crippen LogP contribution in [0.1, 0.15) is 58.4 Å². The summed E-state index contributed by atoms with van der Waals surface area (Å²) in [6.45, 7) is 8.97. The number of aliphatic hydroxyl groups is 1. The van der Waals surface area contributed by atoms with Gasteiger partial charge in [0.15, 0.2) is 5.78 Å². The molecule has 0 radical (unpaired) electrons. The van der Waals surface area contributed by atoms with E-state index in [0.29, 0.717) is 12.3 Å². The van der Waals surface area contributed by atoms with Gasteiger partial charge in [-0.15, -0.1) is 0 Å². The second-order valence-corrected chi connectivity index (χ2v) is 8.66. The number of carbonyl (C=O) groups is 1. The molecule has 0 amide bonds. The Hall–Kier alpha value is -1.97. The fourth-order valence-electron chi connectivity index (χ4n) is 4.49. The number of ketones is 1. The van der Waals surface area contributed by atoms with Crippen LogP contribution in [0, 0.1) is 0 Å². The van der Waals surface area contributed by atoms with Crippen LogP contribution < -0.4 is 0 Å². The number of hydrogen-bond acceptors (Lipinski definition) is 3. The standard InChI is InChI=1S/C25H33NO2/c1-5-23(27)25(4,24(2,3)28)26-17-15-22(16-18-26)21-13-11-20(12-14-21)19-9-7-6-8-10-19/h6-14,22,28H,5,15-18H2,1-4H3. The second-order valence-electron chi connectivity index (χ2n) is 8.66. The minimum absolute atomic E-state index is 0.116.